The first kappa shape index (κ1) is 16.7. The Morgan fingerprint density at radius 3 is 2.76 bits per heavy atom. The molecule has 6 atom stereocenters. The van der Waals surface area contributed by atoms with Gasteiger partial charge in [0, 0.05) is 13.2 Å². The van der Waals surface area contributed by atoms with E-state index in [1.54, 1.807) is 0 Å². The molecule has 5 heteroatoms. The van der Waals surface area contributed by atoms with E-state index in [2.05, 4.69) is 0 Å². The molecular weight excluding hydrogens is 272 g/mol. The van der Waals surface area contributed by atoms with Gasteiger partial charge in [-0.3, -0.25) is 4.79 Å². The van der Waals surface area contributed by atoms with Crippen molar-refractivity contribution >= 4 is 5.97 Å². The maximum atomic E-state index is 12.1. The number of hydrogen-bond donors (Lipinski definition) is 1. The number of rotatable bonds is 5. The number of aliphatic hydroxyl groups excluding tert-OH is 1. The molecule has 0 radical (unpaired) electrons. The summed E-state index contributed by atoms with van der Waals surface area (Å²) in [5.74, 6) is -0.139. The van der Waals surface area contributed by atoms with Gasteiger partial charge in [0.05, 0.1) is 19.1 Å². The van der Waals surface area contributed by atoms with Crippen molar-refractivity contribution in [3.8, 4) is 0 Å². The van der Waals surface area contributed by atoms with Gasteiger partial charge >= 0.3 is 5.97 Å². The molecule has 2 rings (SSSR count). The van der Waals surface area contributed by atoms with E-state index < -0.39 is 0 Å². The van der Waals surface area contributed by atoms with Crippen LogP contribution < -0.4 is 0 Å². The summed E-state index contributed by atoms with van der Waals surface area (Å²) in [5, 5.41) is 9.44. The summed E-state index contributed by atoms with van der Waals surface area (Å²) in [7, 11) is 1.42. The number of aliphatic hydroxyl groups is 1. The Labute approximate surface area is 126 Å². The zero-order valence-corrected chi connectivity index (χ0v) is 13.3. The van der Waals surface area contributed by atoms with Gasteiger partial charge in [-0.05, 0) is 43.4 Å². The summed E-state index contributed by atoms with van der Waals surface area (Å²) in [5.41, 5.74) is 0. The van der Waals surface area contributed by atoms with E-state index in [9.17, 15) is 9.90 Å². The second-order valence-electron chi connectivity index (χ2n) is 6.44. The summed E-state index contributed by atoms with van der Waals surface area (Å²) < 4.78 is 16.7. The standard InChI is InChI=1S/C16H28O5/c1-10(9-17)12-8-13(11(2)15(12)16(18)19-3)21-14-6-4-5-7-20-14/h10-15,17H,4-9H2,1-3H3/t10-,11+,12-,13+,14?,15-/m0/s1. The van der Waals surface area contributed by atoms with Crippen LogP contribution in [0, 0.1) is 23.7 Å². The molecule has 5 nitrogen and oxygen atoms in total. The SMILES string of the molecule is COC(=O)[C@H]1[C@H](C)[C@H](OC2CCCCO2)C[C@H]1[C@@H](C)CO. The minimum Gasteiger partial charge on any atom is -0.469 e. The zero-order chi connectivity index (χ0) is 15.4. The third kappa shape index (κ3) is 3.76. The lowest BCUT2D eigenvalue weighted by Gasteiger charge is -2.28. The van der Waals surface area contributed by atoms with Gasteiger partial charge in [-0.2, -0.15) is 0 Å². The minimum absolute atomic E-state index is 0.00352. The van der Waals surface area contributed by atoms with Crippen molar-refractivity contribution in [1.82, 2.24) is 0 Å². The number of ether oxygens (including phenoxy) is 3. The first-order valence-corrected chi connectivity index (χ1v) is 8.04. The molecule has 21 heavy (non-hydrogen) atoms. The largest absolute Gasteiger partial charge is 0.469 e. The van der Waals surface area contributed by atoms with Crippen LogP contribution >= 0.6 is 0 Å². The third-order valence-electron chi connectivity index (χ3n) is 5.08. The number of methoxy groups -OCH3 is 1. The topological polar surface area (TPSA) is 65.0 Å². The minimum atomic E-state index is -0.203. The van der Waals surface area contributed by atoms with Crippen molar-refractivity contribution in [2.45, 2.75) is 51.9 Å². The van der Waals surface area contributed by atoms with Crippen molar-refractivity contribution in [2.75, 3.05) is 20.3 Å². The van der Waals surface area contributed by atoms with Crippen LogP contribution in [0.4, 0.5) is 0 Å². The summed E-state index contributed by atoms with van der Waals surface area (Å²) in [4.78, 5) is 12.1. The second kappa shape index (κ2) is 7.56. The van der Waals surface area contributed by atoms with Crippen LogP contribution in [0.15, 0.2) is 0 Å². The number of carbonyl (C=O) groups excluding carboxylic acids is 1. The van der Waals surface area contributed by atoms with Crippen LogP contribution in [0.25, 0.3) is 0 Å². The Morgan fingerprint density at radius 1 is 1.43 bits per heavy atom. The van der Waals surface area contributed by atoms with Gasteiger partial charge in [0.25, 0.3) is 0 Å². The molecule has 0 aromatic heterocycles. The number of hydrogen-bond acceptors (Lipinski definition) is 5. The molecule has 1 aliphatic heterocycles. The predicted molar refractivity (Wildman–Crippen MR) is 77.5 cm³/mol. The number of esters is 1. The Kier molecular flexibility index (Phi) is 6.02. The van der Waals surface area contributed by atoms with E-state index >= 15 is 0 Å². The highest BCUT2D eigenvalue weighted by Crippen LogP contribution is 2.44. The number of carbonyl (C=O) groups is 1. The molecule has 1 saturated carbocycles. The first-order chi connectivity index (χ1) is 10.1. The molecule has 0 amide bonds. The molecule has 122 valence electrons. The van der Waals surface area contributed by atoms with Gasteiger partial charge in [0.15, 0.2) is 6.29 Å². The van der Waals surface area contributed by atoms with E-state index in [0.717, 1.165) is 32.3 Å². The lowest BCUT2D eigenvalue weighted by atomic mass is 9.82. The van der Waals surface area contributed by atoms with Gasteiger partial charge in [-0.15, -0.1) is 0 Å². The van der Waals surface area contributed by atoms with E-state index in [4.69, 9.17) is 14.2 Å². The Bertz CT molecular complexity index is 340. The maximum absolute atomic E-state index is 12.1. The quantitative estimate of drug-likeness (QED) is 0.786. The molecule has 2 fully saturated rings. The van der Waals surface area contributed by atoms with Crippen LogP contribution in [0.2, 0.25) is 0 Å². The van der Waals surface area contributed by atoms with Crippen molar-refractivity contribution < 1.29 is 24.1 Å². The van der Waals surface area contributed by atoms with E-state index in [0.29, 0.717) is 0 Å². The van der Waals surface area contributed by atoms with Crippen molar-refractivity contribution in [3.05, 3.63) is 0 Å². The van der Waals surface area contributed by atoms with Gasteiger partial charge in [0.2, 0.25) is 0 Å². The Hall–Kier alpha value is -0.650. The fraction of sp³-hybridized carbons (Fsp3) is 0.938. The van der Waals surface area contributed by atoms with Crippen LogP contribution in [0.1, 0.15) is 39.5 Å². The van der Waals surface area contributed by atoms with Crippen molar-refractivity contribution in [3.63, 3.8) is 0 Å². The second-order valence-corrected chi connectivity index (χ2v) is 6.44. The molecule has 1 saturated heterocycles. The Balaban J connectivity index is 2.04. The normalized spacial score (nSPS) is 38.2. The maximum Gasteiger partial charge on any atom is 0.309 e. The van der Waals surface area contributed by atoms with Crippen LogP contribution in [-0.4, -0.2) is 43.8 Å². The highest BCUT2D eigenvalue weighted by Gasteiger charge is 2.48. The zero-order valence-electron chi connectivity index (χ0n) is 13.3. The lowest BCUT2D eigenvalue weighted by Crippen LogP contribution is -2.32. The molecule has 1 heterocycles. The predicted octanol–water partition coefficient (Wildman–Crippen LogP) is 1.97. The van der Waals surface area contributed by atoms with Crippen LogP contribution in [0.5, 0.6) is 0 Å². The summed E-state index contributed by atoms with van der Waals surface area (Å²) in [6.07, 6.45) is 3.77. The van der Waals surface area contributed by atoms with Crippen LogP contribution in [-0.2, 0) is 19.0 Å². The molecule has 0 bridgehead atoms. The summed E-state index contributed by atoms with van der Waals surface area (Å²) in [6, 6.07) is 0. The van der Waals surface area contributed by atoms with E-state index in [-0.39, 0.29) is 48.6 Å². The lowest BCUT2D eigenvalue weighted by molar-refractivity contribution is -0.195. The molecule has 0 aromatic carbocycles. The molecule has 1 unspecified atom stereocenters. The molecule has 0 spiro atoms. The Morgan fingerprint density at radius 2 is 2.19 bits per heavy atom. The van der Waals surface area contributed by atoms with Crippen molar-refractivity contribution in [1.29, 1.82) is 0 Å². The molecular formula is C16H28O5. The van der Waals surface area contributed by atoms with Gasteiger partial charge in [-0.25, -0.2) is 0 Å². The molecule has 1 aliphatic carbocycles. The summed E-state index contributed by atoms with van der Waals surface area (Å²) in [6.45, 7) is 4.85. The molecule has 2 aliphatic rings. The van der Waals surface area contributed by atoms with Gasteiger partial charge < -0.3 is 19.3 Å². The average molecular weight is 300 g/mol. The smallest absolute Gasteiger partial charge is 0.309 e. The molecule has 1 N–H and O–H groups in total. The van der Waals surface area contributed by atoms with Gasteiger partial charge in [-0.1, -0.05) is 13.8 Å². The highest BCUT2D eigenvalue weighted by molar-refractivity contribution is 5.73. The molecule has 0 aromatic rings. The summed E-state index contributed by atoms with van der Waals surface area (Å²) >= 11 is 0. The monoisotopic (exact) mass is 300 g/mol. The fourth-order valence-electron chi connectivity index (χ4n) is 3.69. The first-order valence-electron chi connectivity index (χ1n) is 8.04. The van der Waals surface area contributed by atoms with Crippen LogP contribution in [0.3, 0.4) is 0 Å². The highest BCUT2D eigenvalue weighted by atomic mass is 16.7. The average Bonchev–Trinajstić information content (AvgIpc) is 2.83. The van der Waals surface area contributed by atoms with E-state index in [1.807, 2.05) is 13.8 Å². The van der Waals surface area contributed by atoms with Gasteiger partial charge in [0.1, 0.15) is 0 Å². The third-order valence-corrected chi connectivity index (χ3v) is 5.08. The van der Waals surface area contributed by atoms with E-state index in [1.165, 1.54) is 7.11 Å². The fourth-order valence-corrected chi connectivity index (χ4v) is 3.69. The van der Waals surface area contributed by atoms with Crippen molar-refractivity contribution in [2.24, 2.45) is 23.7 Å².